The van der Waals surface area contributed by atoms with Gasteiger partial charge in [0.05, 0.1) is 5.69 Å². The molecule has 0 aliphatic carbocycles. The van der Waals surface area contributed by atoms with E-state index in [9.17, 15) is 0 Å². The van der Waals surface area contributed by atoms with E-state index in [0.29, 0.717) is 23.9 Å². The maximum absolute atomic E-state index is 5.01. The molecular formula is C17H31N3S. The summed E-state index contributed by atoms with van der Waals surface area (Å²) in [7, 11) is 0. The van der Waals surface area contributed by atoms with E-state index in [0.717, 1.165) is 6.54 Å². The summed E-state index contributed by atoms with van der Waals surface area (Å²) in [6.45, 7) is 15.7. The molecule has 0 saturated carbocycles. The molecular weight excluding hydrogens is 278 g/mol. The van der Waals surface area contributed by atoms with E-state index < -0.39 is 0 Å². The summed E-state index contributed by atoms with van der Waals surface area (Å²) >= 11 is 1.90. The molecule has 1 unspecified atom stereocenters. The fourth-order valence-corrected chi connectivity index (χ4v) is 4.32. The third-order valence-corrected chi connectivity index (χ3v) is 5.36. The summed E-state index contributed by atoms with van der Waals surface area (Å²) in [5, 5.41) is 4.79. The Morgan fingerprint density at radius 2 is 1.95 bits per heavy atom. The molecule has 0 aromatic carbocycles. The molecule has 0 amide bonds. The van der Waals surface area contributed by atoms with Gasteiger partial charge in [-0.3, -0.25) is 0 Å². The van der Waals surface area contributed by atoms with Crippen LogP contribution in [0.3, 0.4) is 0 Å². The monoisotopic (exact) mass is 309 g/mol. The normalized spacial score (nSPS) is 19.5. The van der Waals surface area contributed by atoms with Gasteiger partial charge in [-0.05, 0) is 24.7 Å². The number of anilines is 1. The van der Waals surface area contributed by atoms with Crippen LogP contribution in [0.5, 0.6) is 0 Å². The molecule has 2 rings (SSSR count). The van der Waals surface area contributed by atoms with E-state index in [-0.39, 0.29) is 0 Å². The van der Waals surface area contributed by atoms with E-state index in [1.165, 1.54) is 35.1 Å². The Bertz CT molecular complexity index is 451. The Labute approximate surface area is 134 Å². The molecule has 1 fully saturated rings. The van der Waals surface area contributed by atoms with E-state index in [1.807, 2.05) is 11.3 Å². The molecule has 1 aromatic heterocycles. The molecule has 0 spiro atoms. The van der Waals surface area contributed by atoms with Crippen LogP contribution in [0.25, 0.3) is 0 Å². The molecule has 2 heterocycles. The van der Waals surface area contributed by atoms with Crippen molar-refractivity contribution in [3.63, 3.8) is 0 Å². The molecule has 1 atom stereocenters. The van der Waals surface area contributed by atoms with Crippen molar-refractivity contribution < 1.29 is 0 Å². The predicted molar refractivity (Wildman–Crippen MR) is 93.4 cm³/mol. The number of hydrogen-bond donors (Lipinski definition) is 1. The number of nitrogens with one attached hydrogen (secondary N) is 1. The van der Waals surface area contributed by atoms with Crippen molar-refractivity contribution in [1.82, 2.24) is 10.3 Å². The van der Waals surface area contributed by atoms with Gasteiger partial charge in [-0.25, -0.2) is 4.98 Å². The van der Waals surface area contributed by atoms with Crippen molar-refractivity contribution in [2.75, 3.05) is 11.4 Å². The Morgan fingerprint density at radius 3 is 2.52 bits per heavy atom. The van der Waals surface area contributed by atoms with Gasteiger partial charge in [-0.2, -0.15) is 0 Å². The fraction of sp³-hybridized carbons (Fsp3) is 0.824. The lowest BCUT2D eigenvalue weighted by Gasteiger charge is -2.27. The smallest absolute Gasteiger partial charge is 0.186 e. The first-order valence-electron chi connectivity index (χ1n) is 8.39. The second kappa shape index (κ2) is 7.10. The summed E-state index contributed by atoms with van der Waals surface area (Å²) in [6.07, 6.45) is 2.62. The maximum atomic E-state index is 5.01. The zero-order chi connectivity index (χ0) is 15.6. The predicted octanol–water partition coefficient (Wildman–Crippen LogP) is 4.39. The van der Waals surface area contributed by atoms with Crippen LogP contribution in [0.2, 0.25) is 0 Å². The SMILES string of the molecule is CC(C)NCc1sc(N2CCCC2C(C)C)nc1C(C)C. The van der Waals surface area contributed by atoms with Gasteiger partial charge in [-0.1, -0.05) is 41.5 Å². The number of nitrogens with zero attached hydrogens (tertiary/aromatic N) is 2. The third kappa shape index (κ3) is 3.98. The average molecular weight is 310 g/mol. The minimum Gasteiger partial charge on any atom is -0.345 e. The lowest BCUT2D eigenvalue weighted by atomic mass is 10.0. The van der Waals surface area contributed by atoms with E-state index in [1.54, 1.807) is 0 Å². The van der Waals surface area contributed by atoms with Crippen LogP contribution < -0.4 is 10.2 Å². The van der Waals surface area contributed by atoms with Crippen LogP contribution in [-0.2, 0) is 6.54 Å². The molecule has 1 aliphatic heterocycles. The zero-order valence-corrected chi connectivity index (χ0v) is 15.3. The summed E-state index contributed by atoms with van der Waals surface area (Å²) in [4.78, 5) is 8.98. The third-order valence-electron chi connectivity index (χ3n) is 4.25. The highest BCUT2D eigenvalue weighted by Crippen LogP contribution is 2.36. The van der Waals surface area contributed by atoms with Crippen molar-refractivity contribution in [2.45, 2.75) is 78.9 Å². The topological polar surface area (TPSA) is 28.2 Å². The van der Waals surface area contributed by atoms with Gasteiger partial charge in [0.25, 0.3) is 0 Å². The minimum atomic E-state index is 0.499. The number of aromatic nitrogens is 1. The zero-order valence-electron chi connectivity index (χ0n) is 14.4. The standard InChI is InChI=1S/C17H31N3S/c1-11(2)14-8-7-9-20(14)17-19-16(12(3)4)15(21-17)10-18-13(5)6/h11-14,18H,7-10H2,1-6H3. The van der Waals surface area contributed by atoms with Crippen LogP contribution in [-0.4, -0.2) is 23.6 Å². The van der Waals surface area contributed by atoms with Crippen LogP contribution >= 0.6 is 11.3 Å². The first-order chi connectivity index (χ1) is 9.90. The highest BCUT2D eigenvalue weighted by atomic mass is 32.1. The van der Waals surface area contributed by atoms with E-state index in [4.69, 9.17) is 4.98 Å². The van der Waals surface area contributed by atoms with Crippen LogP contribution in [0.1, 0.15) is 70.9 Å². The summed E-state index contributed by atoms with van der Waals surface area (Å²) in [5.41, 5.74) is 1.29. The van der Waals surface area contributed by atoms with Crippen LogP contribution in [0, 0.1) is 5.92 Å². The molecule has 0 radical (unpaired) electrons. The second-order valence-corrected chi connectivity index (χ2v) is 8.20. The van der Waals surface area contributed by atoms with Gasteiger partial charge in [0, 0.05) is 30.1 Å². The Kier molecular flexibility index (Phi) is 5.67. The maximum Gasteiger partial charge on any atom is 0.186 e. The lowest BCUT2D eigenvalue weighted by Crippen LogP contribution is -2.33. The summed E-state index contributed by atoms with van der Waals surface area (Å²) in [5.74, 6) is 1.20. The highest BCUT2D eigenvalue weighted by Gasteiger charge is 2.30. The fourth-order valence-electron chi connectivity index (χ4n) is 3.07. The van der Waals surface area contributed by atoms with Crippen LogP contribution in [0.4, 0.5) is 5.13 Å². The molecule has 120 valence electrons. The Morgan fingerprint density at radius 1 is 1.24 bits per heavy atom. The lowest BCUT2D eigenvalue weighted by molar-refractivity contribution is 0.491. The second-order valence-electron chi connectivity index (χ2n) is 7.14. The van der Waals surface area contributed by atoms with Gasteiger partial charge >= 0.3 is 0 Å². The van der Waals surface area contributed by atoms with Crippen molar-refractivity contribution in [2.24, 2.45) is 5.92 Å². The first kappa shape index (κ1) is 16.8. The summed E-state index contributed by atoms with van der Waals surface area (Å²) < 4.78 is 0. The first-order valence-corrected chi connectivity index (χ1v) is 9.21. The quantitative estimate of drug-likeness (QED) is 0.844. The van der Waals surface area contributed by atoms with Crippen LogP contribution in [0.15, 0.2) is 0 Å². The van der Waals surface area contributed by atoms with Gasteiger partial charge in [0.2, 0.25) is 0 Å². The van der Waals surface area contributed by atoms with Crippen molar-refractivity contribution in [3.05, 3.63) is 10.6 Å². The largest absolute Gasteiger partial charge is 0.345 e. The Balaban J connectivity index is 2.22. The van der Waals surface area contributed by atoms with Crippen molar-refractivity contribution >= 4 is 16.5 Å². The van der Waals surface area contributed by atoms with Gasteiger partial charge in [0.1, 0.15) is 0 Å². The van der Waals surface area contributed by atoms with Crippen molar-refractivity contribution in [3.8, 4) is 0 Å². The molecule has 3 nitrogen and oxygen atoms in total. The molecule has 1 aromatic rings. The molecule has 1 N–H and O–H groups in total. The van der Waals surface area contributed by atoms with Gasteiger partial charge in [-0.15, -0.1) is 11.3 Å². The molecule has 21 heavy (non-hydrogen) atoms. The molecule has 1 aliphatic rings. The van der Waals surface area contributed by atoms with Gasteiger partial charge in [0.15, 0.2) is 5.13 Å². The van der Waals surface area contributed by atoms with E-state index >= 15 is 0 Å². The number of thiazole rings is 1. The Hall–Kier alpha value is -0.610. The van der Waals surface area contributed by atoms with Crippen molar-refractivity contribution in [1.29, 1.82) is 0 Å². The highest BCUT2D eigenvalue weighted by molar-refractivity contribution is 7.15. The number of hydrogen-bond acceptors (Lipinski definition) is 4. The molecule has 1 saturated heterocycles. The molecule has 0 bridgehead atoms. The average Bonchev–Trinajstić information content (AvgIpc) is 3.02. The van der Waals surface area contributed by atoms with E-state index in [2.05, 4.69) is 51.8 Å². The van der Waals surface area contributed by atoms with Gasteiger partial charge < -0.3 is 10.2 Å². The molecule has 4 heteroatoms. The summed E-state index contributed by atoms with van der Waals surface area (Å²) in [6, 6.07) is 1.19. The number of rotatable bonds is 6. The minimum absolute atomic E-state index is 0.499.